The fourth-order valence-electron chi connectivity index (χ4n) is 3.69. The third-order valence-electron chi connectivity index (χ3n) is 5.21. The largest absolute Gasteiger partial charge is 0.433 e. The summed E-state index contributed by atoms with van der Waals surface area (Å²) in [5.74, 6) is 0.408. The number of fused-ring (bicyclic) bond motifs is 3. The van der Waals surface area contributed by atoms with E-state index in [1.165, 1.54) is 12.1 Å². The molecule has 5 nitrogen and oxygen atoms in total. The van der Waals surface area contributed by atoms with E-state index in [0.29, 0.717) is 17.7 Å². The van der Waals surface area contributed by atoms with Crippen molar-refractivity contribution in [3.05, 3.63) is 47.7 Å². The minimum absolute atomic E-state index is 0.155. The van der Waals surface area contributed by atoms with Crippen molar-refractivity contribution in [2.75, 3.05) is 19.6 Å². The molecule has 144 valence electrons. The Kier molecular flexibility index (Phi) is 4.59. The number of furan rings is 1. The lowest BCUT2D eigenvalue weighted by atomic mass is 9.84. The van der Waals surface area contributed by atoms with Crippen molar-refractivity contribution in [2.45, 2.75) is 25.1 Å². The molecule has 1 amide bonds. The van der Waals surface area contributed by atoms with Crippen molar-refractivity contribution >= 4 is 5.91 Å². The van der Waals surface area contributed by atoms with Crippen LogP contribution in [0.1, 0.15) is 28.8 Å². The average molecular weight is 380 g/mol. The first-order valence-electron chi connectivity index (χ1n) is 8.85. The Morgan fingerprint density at radius 3 is 2.44 bits per heavy atom. The summed E-state index contributed by atoms with van der Waals surface area (Å²) >= 11 is 0. The number of hydrogen-bond donors (Lipinski definition) is 1. The Labute approximate surface area is 154 Å². The van der Waals surface area contributed by atoms with E-state index in [-0.39, 0.29) is 23.6 Å². The number of amides is 1. The highest BCUT2D eigenvalue weighted by molar-refractivity contribution is 5.94. The van der Waals surface area contributed by atoms with Gasteiger partial charge in [-0.05, 0) is 56.1 Å². The molecule has 0 radical (unpaired) electrons. The predicted molar refractivity (Wildman–Crippen MR) is 90.6 cm³/mol. The van der Waals surface area contributed by atoms with Gasteiger partial charge in [0.2, 0.25) is 0 Å². The summed E-state index contributed by atoms with van der Waals surface area (Å²) in [6.45, 7) is 3.09. The van der Waals surface area contributed by atoms with E-state index in [2.05, 4.69) is 10.2 Å². The number of nitrogens with zero attached hydrogens (tertiary/aromatic N) is 1. The molecule has 3 aliphatic rings. The van der Waals surface area contributed by atoms with E-state index in [1.807, 2.05) is 0 Å². The van der Waals surface area contributed by atoms with Gasteiger partial charge in [-0.2, -0.15) is 13.2 Å². The van der Waals surface area contributed by atoms with E-state index in [9.17, 15) is 18.0 Å². The second kappa shape index (κ2) is 6.92. The van der Waals surface area contributed by atoms with Crippen LogP contribution < -0.4 is 10.1 Å². The molecule has 0 spiro atoms. The number of carbonyl (C=O) groups excluding carboxylic acids is 1. The van der Waals surface area contributed by atoms with Crippen molar-refractivity contribution in [1.29, 1.82) is 0 Å². The Bertz CT molecular complexity index is 808. The summed E-state index contributed by atoms with van der Waals surface area (Å²) in [6, 6.07) is 7.18. The zero-order valence-corrected chi connectivity index (χ0v) is 14.5. The Morgan fingerprint density at radius 1 is 1.19 bits per heavy atom. The number of alkyl halides is 3. The summed E-state index contributed by atoms with van der Waals surface area (Å²) in [4.78, 5) is 14.8. The van der Waals surface area contributed by atoms with Gasteiger partial charge in [0.25, 0.3) is 11.9 Å². The molecule has 3 saturated heterocycles. The van der Waals surface area contributed by atoms with Crippen LogP contribution in [-0.4, -0.2) is 36.5 Å². The van der Waals surface area contributed by atoms with Crippen molar-refractivity contribution in [3.8, 4) is 11.7 Å². The van der Waals surface area contributed by atoms with Crippen LogP contribution in [-0.2, 0) is 6.18 Å². The molecule has 1 atom stereocenters. The van der Waals surface area contributed by atoms with Gasteiger partial charge in [0.15, 0.2) is 0 Å². The average Bonchev–Trinajstić information content (AvgIpc) is 3.12. The first-order chi connectivity index (χ1) is 12.9. The molecule has 1 aromatic carbocycles. The maximum atomic E-state index is 12.6. The molecular weight excluding hydrogens is 361 g/mol. The molecule has 1 unspecified atom stereocenters. The van der Waals surface area contributed by atoms with Gasteiger partial charge in [0.1, 0.15) is 12.0 Å². The molecule has 3 aliphatic heterocycles. The van der Waals surface area contributed by atoms with Gasteiger partial charge in [-0.3, -0.25) is 4.79 Å². The SMILES string of the molecule is O=C(NC1CN2CCC1CC2)c1ccc(Oc2cc(C(F)(F)F)co2)cc1. The number of benzene rings is 1. The fraction of sp³-hybridized carbons (Fsp3) is 0.421. The van der Waals surface area contributed by atoms with E-state index in [1.54, 1.807) is 12.1 Å². The summed E-state index contributed by atoms with van der Waals surface area (Å²) in [5.41, 5.74) is -0.430. The van der Waals surface area contributed by atoms with Gasteiger partial charge in [0, 0.05) is 24.2 Å². The predicted octanol–water partition coefficient (Wildman–Crippen LogP) is 3.91. The van der Waals surface area contributed by atoms with Gasteiger partial charge >= 0.3 is 6.18 Å². The molecule has 4 heterocycles. The van der Waals surface area contributed by atoms with E-state index >= 15 is 0 Å². The van der Waals surface area contributed by atoms with E-state index < -0.39 is 11.7 Å². The highest BCUT2D eigenvalue weighted by Crippen LogP contribution is 2.34. The number of carbonyl (C=O) groups is 1. The lowest BCUT2D eigenvalue weighted by Gasteiger charge is -2.44. The van der Waals surface area contributed by atoms with Crippen LogP contribution in [0.4, 0.5) is 13.2 Å². The first-order valence-corrected chi connectivity index (χ1v) is 8.85. The van der Waals surface area contributed by atoms with Crippen molar-refractivity contribution in [2.24, 2.45) is 5.92 Å². The maximum Gasteiger partial charge on any atom is 0.419 e. The van der Waals surface area contributed by atoms with Gasteiger partial charge in [-0.15, -0.1) is 0 Å². The van der Waals surface area contributed by atoms with Crippen LogP contribution in [0.3, 0.4) is 0 Å². The van der Waals surface area contributed by atoms with Crippen molar-refractivity contribution in [1.82, 2.24) is 10.2 Å². The van der Waals surface area contributed by atoms with Crippen molar-refractivity contribution in [3.63, 3.8) is 0 Å². The van der Waals surface area contributed by atoms with E-state index in [0.717, 1.165) is 38.5 Å². The molecule has 1 aromatic heterocycles. The molecule has 27 heavy (non-hydrogen) atoms. The summed E-state index contributed by atoms with van der Waals surface area (Å²) in [5, 5.41) is 3.09. The summed E-state index contributed by atoms with van der Waals surface area (Å²) in [7, 11) is 0. The quantitative estimate of drug-likeness (QED) is 0.874. The summed E-state index contributed by atoms with van der Waals surface area (Å²) in [6.07, 6.45) is -1.66. The second-order valence-electron chi connectivity index (χ2n) is 7.00. The second-order valence-corrected chi connectivity index (χ2v) is 7.00. The molecule has 8 heteroatoms. The molecule has 2 aromatic rings. The Balaban J connectivity index is 1.37. The molecule has 0 aliphatic carbocycles. The van der Waals surface area contributed by atoms with Crippen LogP contribution in [0.5, 0.6) is 11.7 Å². The number of ether oxygens (including phenoxy) is 1. The smallest absolute Gasteiger partial charge is 0.419 e. The van der Waals surface area contributed by atoms with Gasteiger partial charge in [-0.1, -0.05) is 0 Å². The fourth-order valence-corrected chi connectivity index (χ4v) is 3.69. The third kappa shape index (κ3) is 3.95. The van der Waals surface area contributed by atoms with Gasteiger partial charge in [0.05, 0.1) is 5.56 Å². The molecule has 2 bridgehead atoms. The first kappa shape index (κ1) is 17.9. The Morgan fingerprint density at radius 2 is 1.89 bits per heavy atom. The highest BCUT2D eigenvalue weighted by Gasteiger charge is 2.35. The molecule has 3 fully saturated rings. The van der Waals surface area contributed by atoms with Crippen LogP contribution in [0.15, 0.2) is 41.0 Å². The number of halogens is 3. The minimum Gasteiger partial charge on any atom is -0.433 e. The van der Waals surface area contributed by atoms with Gasteiger partial charge < -0.3 is 19.4 Å². The number of hydrogen-bond acceptors (Lipinski definition) is 4. The van der Waals surface area contributed by atoms with Crippen LogP contribution >= 0.6 is 0 Å². The Hall–Kier alpha value is -2.48. The molecular formula is C19H19F3N2O3. The van der Waals surface area contributed by atoms with E-state index in [4.69, 9.17) is 9.15 Å². The minimum atomic E-state index is -4.48. The maximum absolute atomic E-state index is 12.6. The third-order valence-corrected chi connectivity index (χ3v) is 5.21. The van der Waals surface area contributed by atoms with Crippen LogP contribution in [0.25, 0.3) is 0 Å². The normalized spacial score (nSPS) is 24.6. The molecule has 1 N–H and O–H groups in total. The lowest BCUT2D eigenvalue weighted by Crippen LogP contribution is -2.57. The zero-order chi connectivity index (χ0) is 19.0. The van der Waals surface area contributed by atoms with Gasteiger partial charge in [-0.25, -0.2) is 0 Å². The summed E-state index contributed by atoms with van der Waals surface area (Å²) < 4.78 is 47.8. The van der Waals surface area contributed by atoms with Crippen molar-refractivity contribution < 1.29 is 27.1 Å². The van der Waals surface area contributed by atoms with Crippen LogP contribution in [0, 0.1) is 5.92 Å². The topological polar surface area (TPSA) is 54.7 Å². The highest BCUT2D eigenvalue weighted by atomic mass is 19.4. The monoisotopic (exact) mass is 380 g/mol. The number of piperidine rings is 3. The van der Waals surface area contributed by atoms with Crippen LogP contribution in [0.2, 0.25) is 0 Å². The zero-order valence-electron chi connectivity index (χ0n) is 14.5. The number of rotatable bonds is 4. The standard InChI is InChI=1S/C19H19F3N2O3/c20-19(21,22)14-9-17(26-11-14)27-15-3-1-13(2-4-15)18(25)23-16-10-24-7-5-12(16)6-8-24/h1-4,9,11-12,16H,5-8,10H2,(H,23,25). The molecule has 5 rings (SSSR count). The number of nitrogens with one attached hydrogen (secondary N) is 1. The lowest BCUT2D eigenvalue weighted by molar-refractivity contribution is -0.137. The molecule has 0 saturated carbocycles.